The summed E-state index contributed by atoms with van der Waals surface area (Å²) in [6.07, 6.45) is 8.59. The van der Waals surface area contributed by atoms with Crippen molar-refractivity contribution in [3.05, 3.63) is 46.7 Å². The summed E-state index contributed by atoms with van der Waals surface area (Å²) in [5, 5.41) is 9.44. The number of aromatic nitrogens is 2. The highest BCUT2D eigenvalue weighted by molar-refractivity contribution is 6.30. The first kappa shape index (κ1) is 22.5. The molecule has 6 nitrogen and oxygen atoms in total. The zero-order valence-electron chi connectivity index (χ0n) is 17.5. The lowest BCUT2D eigenvalue weighted by Gasteiger charge is -2.31. The maximum Gasteiger partial charge on any atom is 0.225 e. The largest absolute Gasteiger partial charge is 0.494 e. The van der Waals surface area contributed by atoms with E-state index in [4.69, 9.17) is 21.4 Å². The van der Waals surface area contributed by atoms with Crippen molar-refractivity contribution in [2.45, 2.75) is 45.4 Å². The average molecular weight is 432 g/mol. The minimum absolute atomic E-state index is 0.0416. The molecule has 0 amide bonds. The van der Waals surface area contributed by atoms with Gasteiger partial charge in [-0.3, -0.25) is 4.79 Å². The van der Waals surface area contributed by atoms with E-state index in [-0.39, 0.29) is 12.4 Å². The van der Waals surface area contributed by atoms with Gasteiger partial charge in [0.15, 0.2) is 5.78 Å². The van der Waals surface area contributed by atoms with Gasteiger partial charge in [0.25, 0.3) is 0 Å². The molecule has 0 atom stereocenters. The fraction of sp³-hybridized carbons (Fsp3) is 0.522. The maximum atomic E-state index is 12.1. The molecule has 1 fully saturated rings. The Kier molecular flexibility index (Phi) is 8.46. The van der Waals surface area contributed by atoms with Gasteiger partial charge in [-0.1, -0.05) is 11.6 Å². The molecule has 3 rings (SSSR count). The number of piperidine rings is 1. The zero-order chi connectivity index (χ0) is 21.3. The smallest absolute Gasteiger partial charge is 0.225 e. The summed E-state index contributed by atoms with van der Waals surface area (Å²) in [6.45, 7) is 4.59. The highest BCUT2D eigenvalue weighted by Crippen LogP contribution is 2.25. The van der Waals surface area contributed by atoms with Crippen molar-refractivity contribution in [2.24, 2.45) is 5.92 Å². The van der Waals surface area contributed by atoms with Crippen LogP contribution in [0.15, 0.2) is 30.6 Å². The van der Waals surface area contributed by atoms with Gasteiger partial charge in [0.05, 0.1) is 24.0 Å². The van der Waals surface area contributed by atoms with Gasteiger partial charge in [-0.15, -0.1) is 0 Å². The molecule has 1 aliphatic heterocycles. The van der Waals surface area contributed by atoms with E-state index in [1.54, 1.807) is 12.4 Å². The molecule has 0 saturated carbocycles. The van der Waals surface area contributed by atoms with Crippen LogP contribution in [0.4, 0.5) is 5.95 Å². The summed E-state index contributed by atoms with van der Waals surface area (Å²) in [4.78, 5) is 23.0. The Hall–Kier alpha value is -2.18. The van der Waals surface area contributed by atoms with E-state index in [0.29, 0.717) is 36.0 Å². The van der Waals surface area contributed by atoms with Crippen LogP contribution in [0, 0.1) is 12.8 Å². The van der Waals surface area contributed by atoms with E-state index in [1.807, 2.05) is 25.1 Å². The quantitative estimate of drug-likeness (QED) is 0.442. The molecule has 0 unspecified atom stereocenters. The van der Waals surface area contributed by atoms with Crippen molar-refractivity contribution in [1.82, 2.24) is 9.97 Å². The van der Waals surface area contributed by atoms with Crippen LogP contribution in [0.5, 0.6) is 5.75 Å². The Balaban J connectivity index is 1.37. The molecule has 0 bridgehead atoms. The van der Waals surface area contributed by atoms with Crippen LogP contribution in [0.25, 0.3) is 0 Å². The normalized spacial score (nSPS) is 14.7. The molecule has 1 N–H and O–H groups in total. The first-order valence-corrected chi connectivity index (χ1v) is 11.0. The van der Waals surface area contributed by atoms with Gasteiger partial charge in [0.1, 0.15) is 5.75 Å². The molecule has 1 aromatic heterocycles. The number of benzene rings is 1. The van der Waals surface area contributed by atoms with E-state index in [1.165, 1.54) is 0 Å². The van der Waals surface area contributed by atoms with Crippen molar-refractivity contribution in [1.29, 1.82) is 0 Å². The predicted octanol–water partition coefficient (Wildman–Crippen LogP) is 4.47. The molecule has 2 heterocycles. The molecule has 162 valence electrons. The minimum Gasteiger partial charge on any atom is -0.494 e. The van der Waals surface area contributed by atoms with Crippen molar-refractivity contribution in [3.8, 4) is 5.75 Å². The van der Waals surface area contributed by atoms with Crippen LogP contribution in [-0.4, -0.2) is 47.2 Å². The van der Waals surface area contributed by atoms with Crippen LogP contribution in [0.2, 0.25) is 5.02 Å². The molecule has 0 radical (unpaired) electrons. The Labute approximate surface area is 183 Å². The summed E-state index contributed by atoms with van der Waals surface area (Å²) in [5.41, 5.74) is 1.64. The second kappa shape index (κ2) is 11.3. The number of carbonyl (C=O) groups is 1. The number of nitrogens with zero attached hydrogens (tertiary/aromatic N) is 3. The second-order valence-corrected chi connectivity index (χ2v) is 8.29. The molecule has 0 spiro atoms. The van der Waals surface area contributed by atoms with Gasteiger partial charge >= 0.3 is 0 Å². The molecule has 7 heteroatoms. The lowest BCUT2D eigenvalue weighted by Crippen LogP contribution is -2.34. The van der Waals surface area contributed by atoms with E-state index < -0.39 is 0 Å². The van der Waals surface area contributed by atoms with E-state index in [2.05, 4.69) is 14.9 Å². The molecule has 0 aliphatic carbocycles. The van der Waals surface area contributed by atoms with Gasteiger partial charge in [0, 0.05) is 31.7 Å². The van der Waals surface area contributed by atoms with Gasteiger partial charge in [0.2, 0.25) is 5.95 Å². The maximum absolute atomic E-state index is 12.1. The fourth-order valence-corrected chi connectivity index (χ4v) is 3.96. The van der Waals surface area contributed by atoms with Crippen LogP contribution in [0.1, 0.15) is 54.4 Å². The number of halogens is 1. The molecule has 2 aromatic rings. The topological polar surface area (TPSA) is 75.5 Å². The van der Waals surface area contributed by atoms with Gasteiger partial charge in [-0.05, 0) is 68.7 Å². The molecule has 1 saturated heterocycles. The number of aliphatic hydroxyl groups is 1. The number of ether oxygens (including phenoxy) is 1. The highest BCUT2D eigenvalue weighted by Gasteiger charge is 2.20. The van der Waals surface area contributed by atoms with Crippen molar-refractivity contribution >= 4 is 23.3 Å². The van der Waals surface area contributed by atoms with Crippen LogP contribution in [-0.2, 0) is 0 Å². The fourth-order valence-electron chi connectivity index (χ4n) is 3.87. The number of ketones is 1. The Morgan fingerprint density at radius 2 is 1.97 bits per heavy atom. The highest BCUT2D eigenvalue weighted by atomic mass is 35.5. The van der Waals surface area contributed by atoms with Crippen LogP contribution >= 0.6 is 11.6 Å². The number of hydrogen-bond acceptors (Lipinski definition) is 6. The number of carbonyl (C=O) groups excluding carboxylic acids is 1. The average Bonchev–Trinajstić information content (AvgIpc) is 2.76. The van der Waals surface area contributed by atoms with E-state index in [9.17, 15) is 4.79 Å². The summed E-state index contributed by atoms with van der Waals surface area (Å²) in [6, 6.07) is 5.62. The van der Waals surface area contributed by atoms with Crippen molar-refractivity contribution in [3.63, 3.8) is 0 Å². The van der Waals surface area contributed by atoms with E-state index >= 15 is 0 Å². The molecule has 1 aromatic carbocycles. The van der Waals surface area contributed by atoms with Gasteiger partial charge in [-0.25, -0.2) is 9.97 Å². The SMILES string of the molecule is Cc1cc(OCCCC2CCN(c3ncc(Cl)cn3)CC2)ccc1C(=O)CCCO. The summed E-state index contributed by atoms with van der Waals surface area (Å²) < 4.78 is 5.90. The summed E-state index contributed by atoms with van der Waals surface area (Å²) in [5.74, 6) is 2.34. The lowest BCUT2D eigenvalue weighted by atomic mass is 9.92. The van der Waals surface area contributed by atoms with Crippen molar-refractivity contribution in [2.75, 3.05) is 31.2 Å². The third kappa shape index (κ3) is 6.41. The Bertz CT molecular complexity index is 821. The minimum atomic E-state index is 0.0416. The molecular weight excluding hydrogens is 402 g/mol. The zero-order valence-corrected chi connectivity index (χ0v) is 18.3. The van der Waals surface area contributed by atoms with Crippen molar-refractivity contribution < 1.29 is 14.6 Å². The van der Waals surface area contributed by atoms with Crippen LogP contribution < -0.4 is 9.64 Å². The first-order chi connectivity index (χ1) is 14.6. The third-order valence-electron chi connectivity index (χ3n) is 5.59. The second-order valence-electron chi connectivity index (χ2n) is 7.85. The van der Waals surface area contributed by atoms with Crippen LogP contribution in [0.3, 0.4) is 0 Å². The number of rotatable bonds is 10. The van der Waals surface area contributed by atoms with E-state index in [0.717, 1.165) is 56.0 Å². The predicted molar refractivity (Wildman–Crippen MR) is 119 cm³/mol. The number of aryl methyl sites for hydroxylation is 1. The molecule has 30 heavy (non-hydrogen) atoms. The Morgan fingerprint density at radius 3 is 2.63 bits per heavy atom. The lowest BCUT2D eigenvalue weighted by molar-refractivity contribution is 0.0970. The standard InChI is InChI=1S/C23H30ClN3O3/c1-17-14-20(6-7-21(17)22(29)5-2-12-28)30-13-3-4-18-8-10-27(11-9-18)23-25-15-19(24)16-26-23/h6-7,14-16,18,28H,2-5,8-13H2,1H3. The monoisotopic (exact) mass is 431 g/mol. The molecular formula is C23H30ClN3O3. The van der Waals surface area contributed by atoms with Gasteiger partial charge < -0.3 is 14.7 Å². The number of aliphatic hydroxyl groups excluding tert-OH is 1. The Morgan fingerprint density at radius 1 is 1.23 bits per heavy atom. The summed E-state index contributed by atoms with van der Waals surface area (Å²) in [7, 11) is 0. The number of hydrogen-bond donors (Lipinski definition) is 1. The number of Topliss-reactive ketones (excluding diaryl/α,β-unsaturated/α-hetero) is 1. The number of anilines is 1. The first-order valence-electron chi connectivity index (χ1n) is 10.7. The third-order valence-corrected chi connectivity index (χ3v) is 5.78. The van der Waals surface area contributed by atoms with Gasteiger partial charge in [-0.2, -0.15) is 0 Å². The summed E-state index contributed by atoms with van der Waals surface area (Å²) >= 11 is 5.86. The molecule has 1 aliphatic rings.